The number of hydrogen-bond acceptors (Lipinski definition) is 5. The molecule has 6 heteroatoms. The van der Waals surface area contributed by atoms with E-state index in [4.69, 9.17) is 16.3 Å². The van der Waals surface area contributed by atoms with E-state index in [1.165, 1.54) is 11.3 Å². The average molecular weight is 428 g/mol. The summed E-state index contributed by atoms with van der Waals surface area (Å²) in [6, 6.07) is 14.1. The van der Waals surface area contributed by atoms with Crippen LogP contribution >= 0.6 is 11.6 Å². The van der Waals surface area contributed by atoms with Crippen molar-refractivity contribution in [2.75, 3.05) is 49.5 Å². The molecule has 30 heavy (non-hydrogen) atoms. The molecule has 2 aromatic carbocycles. The highest BCUT2D eigenvalue weighted by Crippen LogP contribution is 2.29. The zero-order valence-corrected chi connectivity index (χ0v) is 18.1. The topological polar surface area (TPSA) is 48.0 Å². The van der Waals surface area contributed by atoms with E-state index in [1.54, 1.807) is 0 Å². The Morgan fingerprint density at radius 2 is 1.90 bits per heavy atom. The van der Waals surface area contributed by atoms with Crippen molar-refractivity contribution in [2.24, 2.45) is 0 Å². The van der Waals surface area contributed by atoms with Crippen LogP contribution in [0, 0.1) is 0 Å². The fourth-order valence-electron chi connectivity index (χ4n) is 4.13. The van der Waals surface area contributed by atoms with Crippen molar-refractivity contribution in [1.29, 1.82) is 0 Å². The summed E-state index contributed by atoms with van der Waals surface area (Å²) in [6.45, 7) is 8.79. The summed E-state index contributed by atoms with van der Waals surface area (Å²) in [5, 5.41) is 14.6. The first kappa shape index (κ1) is 21.0. The van der Waals surface area contributed by atoms with Crippen molar-refractivity contribution in [3.63, 3.8) is 0 Å². The average Bonchev–Trinajstić information content (AvgIpc) is 2.98. The fourth-order valence-corrected chi connectivity index (χ4v) is 4.26. The molecule has 0 saturated carbocycles. The normalized spacial score (nSPS) is 18.3. The van der Waals surface area contributed by atoms with Crippen LogP contribution in [0.3, 0.4) is 0 Å². The smallest absolute Gasteiger partial charge is 0.119 e. The number of nitrogens with one attached hydrogen (secondary N) is 1. The third-order valence-corrected chi connectivity index (χ3v) is 6.03. The summed E-state index contributed by atoms with van der Waals surface area (Å²) in [7, 11) is 0. The van der Waals surface area contributed by atoms with E-state index in [1.807, 2.05) is 24.3 Å². The molecular weight excluding hydrogens is 398 g/mol. The lowest BCUT2D eigenvalue weighted by Crippen LogP contribution is -2.38. The van der Waals surface area contributed by atoms with E-state index in [2.05, 4.69) is 39.9 Å². The van der Waals surface area contributed by atoms with Crippen molar-refractivity contribution in [1.82, 2.24) is 4.90 Å². The van der Waals surface area contributed by atoms with E-state index in [0.29, 0.717) is 13.2 Å². The molecule has 2 heterocycles. The maximum atomic E-state index is 10.5. The molecule has 0 aromatic heterocycles. The summed E-state index contributed by atoms with van der Waals surface area (Å²) in [5.41, 5.74) is 4.60. The minimum Gasteiger partial charge on any atom is -0.491 e. The van der Waals surface area contributed by atoms with Crippen LogP contribution in [-0.4, -0.2) is 55.4 Å². The van der Waals surface area contributed by atoms with Crippen LogP contribution in [0.4, 0.5) is 11.4 Å². The number of allylic oxidation sites excluding steroid dienone is 1. The number of fused-ring (bicyclic) bond motifs is 1. The molecule has 0 bridgehead atoms. The molecule has 5 nitrogen and oxygen atoms in total. The third kappa shape index (κ3) is 5.48. The van der Waals surface area contributed by atoms with Gasteiger partial charge in [-0.25, -0.2) is 0 Å². The maximum Gasteiger partial charge on any atom is 0.119 e. The second-order valence-electron chi connectivity index (χ2n) is 8.13. The Morgan fingerprint density at radius 1 is 1.07 bits per heavy atom. The van der Waals surface area contributed by atoms with Crippen LogP contribution in [0.2, 0.25) is 5.02 Å². The minimum absolute atomic E-state index is 0.302. The predicted molar refractivity (Wildman–Crippen MR) is 124 cm³/mol. The Morgan fingerprint density at radius 3 is 2.73 bits per heavy atom. The lowest BCUT2D eigenvalue weighted by molar-refractivity contribution is 0.0704. The second-order valence-corrected chi connectivity index (χ2v) is 8.57. The number of ether oxygens (including phenoxy) is 1. The first-order chi connectivity index (χ1) is 14.6. The number of hydrogen-bond donors (Lipinski definition) is 2. The highest BCUT2D eigenvalue weighted by molar-refractivity contribution is 6.30. The molecule has 1 saturated heterocycles. The minimum atomic E-state index is -0.513. The second kappa shape index (κ2) is 9.73. The SMILES string of the molecule is C=C1CCc2cc(OCC(O)CN3CCCN(c4ccc(Cl)cc4)CC3)ccc2N1. The zero-order valence-electron chi connectivity index (χ0n) is 17.3. The van der Waals surface area contributed by atoms with Crippen molar-refractivity contribution in [2.45, 2.75) is 25.4 Å². The van der Waals surface area contributed by atoms with Gasteiger partial charge in [-0.1, -0.05) is 18.2 Å². The molecule has 2 aromatic rings. The molecule has 160 valence electrons. The van der Waals surface area contributed by atoms with Gasteiger partial charge in [-0.15, -0.1) is 0 Å². The molecule has 4 rings (SSSR count). The highest BCUT2D eigenvalue weighted by Gasteiger charge is 2.18. The highest BCUT2D eigenvalue weighted by atomic mass is 35.5. The van der Waals surface area contributed by atoms with Gasteiger partial charge in [-0.05, 0) is 73.8 Å². The van der Waals surface area contributed by atoms with Gasteiger partial charge in [-0.3, -0.25) is 4.90 Å². The van der Waals surface area contributed by atoms with Crippen LogP contribution in [-0.2, 0) is 6.42 Å². The Bertz CT molecular complexity index is 871. The molecule has 1 unspecified atom stereocenters. The van der Waals surface area contributed by atoms with Crippen LogP contribution in [0.15, 0.2) is 54.7 Å². The monoisotopic (exact) mass is 427 g/mol. The van der Waals surface area contributed by atoms with Crippen molar-refractivity contribution in [3.05, 3.63) is 65.3 Å². The van der Waals surface area contributed by atoms with Gasteiger partial charge in [0.15, 0.2) is 0 Å². The van der Waals surface area contributed by atoms with Gasteiger partial charge >= 0.3 is 0 Å². The standard InChI is InChI=1S/C24H30ClN3O2/c1-18-3-4-19-15-23(9-10-24(19)26-18)30-17-22(29)16-27-11-2-12-28(14-13-27)21-7-5-20(25)6-8-21/h5-10,15,22,26,29H,1-4,11-14,16-17H2. The summed E-state index contributed by atoms with van der Waals surface area (Å²) in [5.74, 6) is 0.812. The lowest BCUT2D eigenvalue weighted by atomic mass is 10.0. The Hall–Kier alpha value is -2.21. The molecule has 0 amide bonds. The van der Waals surface area contributed by atoms with Crippen molar-refractivity contribution in [3.8, 4) is 5.75 Å². The third-order valence-electron chi connectivity index (χ3n) is 5.78. The summed E-state index contributed by atoms with van der Waals surface area (Å²) < 4.78 is 5.89. The first-order valence-electron chi connectivity index (χ1n) is 10.7. The van der Waals surface area contributed by atoms with Gasteiger partial charge in [0.1, 0.15) is 18.5 Å². The first-order valence-corrected chi connectivity index (χ1v) is 11.1. The van der Waals surface area contributed by atoms with E-state index in [-0.39, 0.29) is 0 Å². The predicted octanol–water partition coefficient (Wildman–Crippen LogP) is 4.16. The molecule has 1 fully saturated rings. The summed E-state index contributed by atoms with van der Waals surface area (Å²) >= 11 is 6.00. The summed E-state index contributed by atoms with van der Waals surface area (Å²) in [4.78, 5) is 4.71. The van der Waals surface area contributed by atoms with Gasteiger partial charge in [0.2, 0.25) is 0 Å². The molecule has 2 N–H and O–H groups in total. The number of aryl methyl sites for hydroxylation is 1. The number of rotatable bonds is 6. The van der Waals surface area contributed by atoms with Crippen LogP contribution in [0.1, 0.15) is 18.4 Å². The number of halogens is 1. The van der Waals surface area contributed by atoms with Crippen molar-refractivity contribution < 1.29 is 9.84 Å². The number of aliphatic hydroxyl groups is 1. The summed E-state index contributed by atoms with van der Waals surface area (Å²) in [6.07, 6.45) is 2.47. The van der Waals surface area contributed by atoms with Crippen molar-refractivity contribution >= 4 is 23.0 Å². The van der Waals surface area contributed by atoms with E-state index < -0.39 is 6.10 Å². The zero-order chi connectivity index (χ0) is 20.9. The maximum absolute atomic E-state index is 10.5. The van der Waals surface area contributed by atoms with Gasteiger partial charge in [-0.2, -0.15) is 0 Å². The quantitative estimate of drug-likeness (QED) is 0.724. The molecule has 2 aliphatic rings. The Labute approximate surface area is 183 Å². The van der Waals surface area contributed by atoms with Crippen LogP contribution < -0.4 is 15.0 Å². The van der Waals surface area contributed by atoms with Crippen LogP contribution in [0.5, 0.6) is 5.75 Å². The fraction of sp³-hybridized carbons (Fsp3) is 0.417. The van der Waals surface area contributed by atoms with Crippen LogP contribution in [0.25, 0.3) is 0 Å². The van der Waals surface area contributed by atoms with Gasteiger partial charge in [0.05, 0.1) is 0 Å². The van der Waals surface area contributed by atoms with Gasteiger partial charge in [0, 0.05) is 48.3 Å². The molecule has 0 spiro atoms. The van der Waals surface area contributed by atoms with E-state index in [0.717, 1.165) is 67.6 Å². The van der Waals surface area contributed by atoms with Gasteiger partial charge < -0.3 is 20.1 Å². The number of aliphatic hydroxyl groups excluding tert-OH is 1. The molecule has 1 atom stereocenters. The molecule has 2 aliphatic heterocycles. The number of β-amino-alcohol motifs (C(OH)–C–C–N with tert-alkyl or cyclic N) is 1. The lowest BCUT2D eigenvalue weighted by Gasteiger charge is -2.25. The van der Waals surface area contributed by atoms with E-state index in [9.17, 15) is 5.11 Å². The molecule has 0 radical (unpaired) electrons. The Balaban J connectivity index is 1.25. The number of benzene rings is 2. The molecule has 0 aliphatic carbocycles. The largest absolute Gasteiger partial charge is 0.491 e. The number of nitrogens with zero attached hydrogens (tertiary/aromatic N) is 2. The Kier molecular flexibility index (Phi) is 6.82. The number of anilines is 2. The molecular formula is C24H30ClN3O2. The van der Waals surface area contributed by atoms with E-state index >= 15 is 0 Å². The van der Waals surface area contributed by atoms with Gasteiger partial charge in [0.25, 0.3) is 0 Å².